The van der Waals surface area contributed by atoms with Crippen LogP contribution in [0.1, 0.15) is 76.6 Å². The number of ether oxygens (including phenoxy) is 1. The van der Waals surface area contributed by atoms with Crippen LogP contribution < -0.4 is 10.6 Å². The van der Waals surface area contributed by atoms with E-state index in [2.05, 4.69) is 10.6 Å². The molecular weight excluding hydrogens is 518 g/mol. The monoisotopic (exact) mass is 557 g/mol. The number of halogens is 1. The number of benzene rings is 2. The first-order valence-corrected chi connectivity index (χ1v) is 13.7. The van der Waals surface area contributed by atoms with Gasteiger partial charge in [-0.05, 0) is 77.0 Å². The number of nitrogens with zero attached hydrogens (tertiary/aromatic N) is 1. The Hall–Kier alpha value is -3.26. The quantitative estimate of drug-likeness (QED) is 0.354. The number of amides is 3. The minimum Gasteiger partial charge on any atom is -0.507 e. The molecule has 0 aliphatic heterocycles. The van der Waals surface area contributed by atoms with Gasteiger partial charge in [0.05, 0.1) is 10.7 Å². The normalized spacial score (nSPS) is 15.2. The van der Waals surface area contributed by atoms with E-state index in [0.717, 1.165) is 12.0 Å². The van der Waals surface area contributed by atoms with E-state index in [1.54, 1.807) is 58.0 Å². The summed E-state index contributed by atoms with van der Waals surface area (Å²) in [7, 11) is 0. The second-order valence-corrected chi connectivity index (χ2v) is 11.9. The van der Waals surface area contributed by atoms with Crippen molar-refractivity contribution in [3.63, 3.8) is 0 Å². The summed E-state index contributed by atoms with van der Waals surface area (Å²) in [6, 6.07) is 8.06. The number of carbonyl (C=O) groups excluding carboxylic acids is 3. The molecule has 1 saturated carbocycles. The highest BCUT2D eigenvalue weighted by atomic mass is 35.5. The lowest BCUT2D eigenvalue weighted by molar-refractivity contribution is -0.146. The van der Waals surface area contributed by atoms with Crippen LogP contribution in [-0.4, -0.2) is 45.6 Å². The van der Waals surface area contributed by atoms with Crippen molar-refractivity contribution in [3.8, 4) is 5.75 Å². The lowest BCUT2D eigenvalue weighted by atomic mass is 9.86. The number of para-hydroxylation sites is 2. The Bertz CT molecular complexity index is 1200. The van der Waals surface area contributed by atoms with Crippen molar-refractivity contribution in [3.05, 3.63) is 58.1 Å². The molecule has 0 bridgehead atoms. The molecule has 0 aromatic heterocycles. The van der Waals surface area contributed by atoms with E-state index < -0.39 is 35.6 Å². The highest BCUT2D eigenvalue weighted by Gasteiger charge is 2.43. The number of hydrogen-bond donors (Lipinski definition) is 3. The molecule has 0 spiro atoms. The molecule has 1 aliphatic carbocycles. The highest BCUT2D eigenvalue weighted by Crippen LogP contribution is 2.39. The second kappa shape index (κ2) is 12.3. The van der Waals surface area contributed by atoms with E-state index in [1.165, 1.54) is 4.90 Å². The molecule has 1 fully saturated rings. The summed E-state index contributed by atoms with van der Waals surface area (Å²) >= 11 is 6.42. The molecule has 0 heterocycles. The van der Waals surface area contributed by atoms with E-state index in [0.29, 0.717) is 34.7 Å². The number of rotatable bonds is 8. The molecule has 1 aliphatic rings. The number of phenols is 1. The lowest BCUT2D eigenvalue weighted by Gasteiger charge is -2.44. The Labute approximate surface area is 236 Å². The fraction of sp³-hybridized carbons (Fsp3) is 0.500. The van der Waals surface area contributed by atoms with Crippen molar-refractivity contribution in [2.24, 2.45) is 5.92 Å². The fourth-order valence-corrected chi connectivity index (χ4v) is 4.86. The minimum absolute atomic E-state index is 0.0631. The van der Waals surface area contributed by atoms with E-state index in [4.69, 9.17) is 16.3 Å². The van der Waals surface area contributed by atoms with Crippen LogP contribution >= 0.6 is 11.6 Å². The molecule has 2 aromatic carbocycles. The van der Waals surface area contributed by atoms with Crippen LogP contribution in [0.5, 0.6) is 5.75 Å². The summed E-state index contributed by atoms with van der Waals surface area (Å²) < 4.78 is 5.43. The van der Waals surface area contributed by atoms with Crippen LogP contribution in [0, 0.1) is 19.8 Å². The van der Waals surface area contributed by atoms with Crippen molar-refractivity contribution >= 4 is 35.2 Å². The topological polar surface area (TPSA) is 108 Å². The second-order valence-electron chi connectivity index (χ2n) is 11.5. The zero-order valence-corrected chi connectivity index (χ0v) is 24.6. The smallest absolute Gasteiger partial charge is 0.408 e. The summed E-state index contributed by atoms with van der Waals surface area (Å²) in [4.78, 5) is 42.6. The predicted molar refractivity (Wildman–Crippen MR) is 153 cm³/mol. The summed E-state index contributed by atoms with van der Waals surface area (Å²) in [5.74, 6) is -1.29. The molecule has 3 N–H and O–H groups in total. The zero-order chi connectivity index (χ0) is 29.1. The Morgan fingerprint density at radius 1 is 1.05 bits per heavy atom. The Kier molecular flexibility index (Phi) is 9.54. The number of carbonyl (C=O) groups is 3. The van der Waals surface area contributed by atoms with Crippen LogP contribution in [0.25, 0.3) is 0 Å². The van der Waals surface area contributed by atoms with Gasteiger partial charge >= 0.3 is 6.09 Å². The van der Waals surface area contributed by atoms with Crippen molar-refractivity contribution < 1.29 is 24.2 Å². The van der Waals surface area contributed by atoms with Crippen LogP contribution in [0.3, 0.4) is 0 Å². The van der Waals surface area contributed by atoms with Gasteiger partial charge in [-0.1, -0.05) is 55.8 Å². The fourth-order valence-electron chi connectivity index (χ4n) is 4.59. The number of phenolic OH excluding ortho intramolecular Hbond substituents is 1. The van der Waals surface area contributed by atoms with E-state index in [-0.39, 0.29) is 17.7 Å². The summed E-state index contributed by atoms with van der Waals surface area (Å²) in [5, 5.41) is 17.1. The van der Waals surface area contributed by atoms with Gasteiger partial charge < -0.3 is 25.4 Å². The zero-order valence-electron chi connectivity index (χ0n) is 23.8. The Morgan fingerprint density at radius 3 is 2.21 bits per heavy atom. The number of aryl methyl sites for hydroxylation is 2. The van der Waals surface area contributed by atoms with Crippen LogP contribution in [0.15, 0.2) is 36.4 Å². The van der Waals surface area contributed by atoms with Crippen LogP contribution in [-0.2, 0) is 14.3 Å². The van der Waals surface area contributed by atoms with Gasteiger partial charge in [0.25, 0.3) is 5.91 Å². The van der Waals surface area contributed by atoms with Gasteiger partial charge in [-0.25, -0.2) is 4.79 Å². The summed E-state index contributed by atoms with van der Waals surface area (Å²) in [6.45, 7) is 12.5. The van der Waals surface area contributed by atoms with Crippen molar-refractivity contribution in [1.29, 1.82) is 0 Å². The standard InChI is InChI=1S/C30H40ClN3O5/c1-17(2)23(33-29(38)39-30(5,6)7)28(37)34(20-13-10-14-20)25(21-15-8-12-19(4)26(21)35)27(36)32-24-18(3)11-9-16-22(24)31/h8-9,11-12,15-17,20,23,25,35H,10,13-14H2,1-7H3,(H,32,36)(H,33,38). The largest absolute Gasteiger partial charge is 0.507 e. The van der Waals surface area contributed by atoms with Gasteiger partial charge in [-0.2, -0.15) is 0 Å². The first kappa shape index (κ1) is 30.3. The number of hydrogen-bond acceptors (Lipinski definition) is 5. The van der Waals surface area contributed by atoms with Gasteiger partial charge in [0, 0.05) is 11.6 Å². The maximum atomic E-state index is 14.3. The van der Waals surface area contributed by atoms with E-state index in [9.17, 15) is 19.5 Å². The van der Waals surface area contributed by atoms with Gasteiger partial charge in [-0.3, -0.25) is 9.59 Å². The highest BCUT2D eigenvalue weighted by molar-refractivity contribution is 6.34. The van der Waals surface area contributed by atoms with E-state index in [1.807, 2.05) is 26.8 Å². The number of anilines is 1. The molecule has 2 aromatic rings. The van der Waals surface area contributed by atoms with Gasteiger partial charge in [0.15, 0.2) is 0 Å². The third-order valence-electron chi connectivity index (χ3n) is 6.89. The summed E-state index contributed by atoms with van der Waals surface area (Å²) in [6.07, 6.45) is 1.58. The molecule has 0 radical (unpaired) electrons. The molecule has 8 nitrogen and oxygen atoms in total. The minimum atomic E-state index is -1.17. The molecule has 2 atom stereocenters. The first-order valence-electron chi connectivity index (χ1n) is 13.4. The maximum absolute atomic E-state index is 14.3. The van der Waals surface area contributed by atoms with Gasteiger partial charge in [-0.15, -0.1) is 0 Å². The van der Waals surface area contributed by atoms with Crippen molar-refractivity contribution in [2.45, 2.75) is 91.5 Å². The molecule has 39 heavy (non-hydrogen) atoms. The molecule has 2 unspecified atom stereocenters. The van der Waals surface area contributed by atoms with Gasteiger partial charge in [0.2, 0.25) is 5.91 Å². The number of nitrogens with one attached hydrogen (secondary N) is 2. The molecule has 212 valence electrons. The molecule has 3 rings (SSSR count). The molecule has 9 heteroatoms. The van der Waals surface area contributed by atoms with Crippen molar-refractivity contribution in [1.82, 2.24) is 10.2 Å². The first-order chi connectivity index (χ1) is 18.2. The molecule has 0 saturated heterocycles. The van der Waals surface area contributed by atoms with Gasteiger partial charge in [0.1, 0.15) is 23.4 Å². The number of aromatic hydroxyl groups is 1. The van der Waals surface area contributed by atoms with E-state index >= 15 is 0 Å². The molecular formula is C30H40ClN3O5. The van der Waals surface area contributed by atoms with Crippen LogP contribution in [0.4, 0.5) is 10.5 Å². The Morgan fingerprint density at radius 2 is 1.67 bits per heavy atom. The average molecular weight is 558 g/mol. The average Bonchev–Trinajstić information content (AvgIpc) is 2.79. The third kappa shape index (κ3) is 7.24. The maximum Gasteiger partial charge on any atom is 0.408 e. The van der Waals surface area contributed by atoms with Crippen molar-refractivity contribution in [2.75, 3.05) is 5.32 Å². The summed E-state index contributed by atoms with van der Waals surface area (Å²) in [5.41, 5.74) is 1.33. The van der Waals surface area contributed by atoms with Crippen LogP contribution in [0.2, 0.25) is 5.02 Å². The Balaban J connectivity index is 2.09. The SMILES string of the molecule is Cc1cccc(C(C(=O)Nc2c(C)cccc2Cl)N(C(=O)C(NC(=O)OC(C)(C)C)C(C)C)C2CCC2)c1O. The third-order valence-corrected chi connectivity index (χ3v) is 7.20. The predicted octanol–water partition coefficient (Wildman–Crippen LogP) is 6.27. The lowest BCUT2D eigenvalue weighted by Crippen LogP contribution is -2.58. The number of alkyl carbamates (subject to hydrolysis) is 1. The molecule has 3 amide bonds.